The molecule has 1 aliphatic carbocycles. The number of phenolic OH excluding ortho intramolecular Hbond substituents is 1. The first kappa shape index (κ1) is 21.6. The van der Waals surface area contributed by atoms with Gasteiger partial charge in [0.15, 0.2) is 17.3 Å². The average Bonchev–Trinajstić information content (AvgIpc) is 3.12. The monoisotopic (exact) mass is 420 g/mol. The quantitative estimate of drug-likeness (QED) is 0.337. The van der Waals surface area contributed by atoms with Gasteiger partial charge in [0.2, 0.25) is 0 Å². The van der Waals surface area contributed by atoms with Crippen molar-refractivity contribution in [1.29, 1.82) is 0 Å². The molecular weight excluding hydrogens is 388 g/mol. The van der Waals surface area contributed by atoms with Gasteiger partial charge in [-0.15, -0.1) is 0 Å². The fourth-order valence-corrected chi connectivity index (χ4v) is 6.72. The van der Waals surface area contributed by atoms with Crippen molar-refractivity contribution in [2.24, 2.45) is 11.8 Å². The third-order valence-electron chi connectivity index (χ3n) is 5.67. The van der Waals surface area contributed by atoms with E-state index < -0.39 is 0 Å². The first-order chi connectivity index (χ1) is 13.7. The summed E-state index contributed by atoms with van der Waals surface area (Å²) in [7, 11) is 3.70. The van der Waals surface area contributed by atoms with Crippen LogP contribution in [0, 0.1) is 11.8 Å². The molecule has 1 saturated carbocycles. The minimum atomic E-state index is -0.0314. The summed E-state index contributed by atoms with van der Waals surface area (Å²) in [4.78, 5) is 12.8. The molecule has 0 amide bonds. The number of ether oxygens (including phenoxy) is 1. The summed E-state index contributed by atoms with van der Waals surface area (Å²) in [5.41, 5.74) is 1.06. The summed E-state index contributed by atoms with van der Waals surface area (Å²) in [5.74, 6) is 3.36. The average molecular weight is 421 g/mol. The molecule has 1 aliphatic heterocycles. The van der Waals surface area contributed by atoms with Crippen LogP contribution < -0.4 is 4.74 Å². The number of carbonyl (C=O) groups excluding carboxylic acids is 1. The van der Waals surface area contributed by atoms with Crippen LogP contribution in [0.4, 0.5) is 0 Å². The normalized spacial score (nSPS) is 25.5. The van der Waals surface area contributed by atoms with E-state index in [2.05, 4.69) is 6.92 Å². The summed E-state index contributed by atoms with van der Waals surface area (Å²) in [6.07, 6.45) is 12.7. The molecule has 1 N–H and O–H groups in total. The van der Waals surface area contributed by atoms with Gasteiger partial charge in [-0.05, 0) is 62.3 Å². The number of hydrogen-bond acceptors (Lipinski definition) is 5. The predicted octanol–water partition coefficient (Wildman–Crippen LogP) is 6.20. The van der Waals surface area contributed by atoms with Gasteiger partial charge in [0.1, 0.15) is 6.10 Å². The van der Waals surface area contributed by atoms with Crippen LogP contribution in [0.5, 0.6) is 11.5 Å². The third-order valence-corrected chi connectivity index (χ3v) is 8.25. The van der Waals surface area contributed by atoms with E-state index in [0.29, 0.717) is 18.1 Å². The van der Waals surface area contributed by atoms with Crippen LogP contribution in [-0.2, 0) is 11.2 Å². The lowest BCUT2D eigenvalue weighted by molar-refractivity contribution is -0.117. The molecule has 3 rings (SSSR count). The summed E-state index contributed by atoms with van der Waals surface area (Å²) in [6.45, 7) is 2.19. The highest BCUT2D eigenvalue weighted by molar-refractivity contribution is 8.76. The van der Waals surface area contributed by atoms with Crippen LogP contribution in [-0.4, -0.2) is 28.5 Å². The molecule has 0 aromatic heterocycles. The molecule has 0 radical (unpaired) electrons. The summed E-state index contributed by atoms with van der Waals surface area (Å²) < 4.78 is 6.21. The van der Waals surface area contributed by atoms with E-state index in [1.165, 1.54) is 25.7 Å². The second-order valence-electron chi connectivity index (χ2n) is 7.92. The van der Waals surface area contributed by atoms with Crippen LogP contribution in [0.1, 0.15) is 57.4 Å². The standard InChI is InChI=1S/C23H32O3S2/c1-2-3-4-5-6-9-20(24)19-13-17-11-12-21(25)23(14-17)26-22-10-7-8-18(22)15-27-28-16-19/h6,9,11-12,14,18-19,22,25H,2-5,7-8,10,13,15-16H2,1H3/t18-,19+,22+/m0/s1. The van der Waals surface area contributed by atoms with Crippen LogP contribution >= 0.6 is 21.6 Å². The van der Waals surface area contributed by atoms with Crippen molar-refractivity contribution in [3.8, 4) is 11.5 Å². The number of aromatic hydroxyl groups is 1. The zero-order valence-corrected chi connectivity index (χ0v) is 18.4. The Morgan fingerprint density at radius 3 is 2.96 bits per heavy atom. The van der Waals surface area contributed by atoms with Gasteiger partial charge in [-0.1, -0.05) is 53.5 Å². The molecular formula is C23H32O3S2. The van der Waals surface area contributed by atoms with Crippen molar-refractivity contribution in [3.63, 3.8) is 0 Å². The van der Waals surface area contributed by atoms with E-state index in [0.717, 1.165) is 36.3 Å². The van der Waals surface area contributed by atoms with Gasteiger partial charge in [-0.3, -0.25) is 4.79 Å². The lowest BCUT2D eigenvalue weighted by Crippen LogP contribution is -2.24. The Kier molecular flexibility index (Phi) is 8.66. The second-order valence-corrected chi connectivity index (χ2v) is 10.5. The molecule has 0 saturated heterocycles. The Labute approximate surface area is 177 Å². The number of rotatable bonds is 6. The smallest absolute Gasteiger partial charge is 0.161 e. The topological polar surface area (TPSA) is 46.5 Å². The van der Waals surface area contributed by atoms with E-state index in [9.17, 15) is 9.90 Å². The Morgan fingerprint density at radius 1 is 1.25 bits per heavy atom. The van der Waals surface area contributed by atoms with Crippen LogP contribution in [0.3, 0.4) is 0 Å². The van der Waals surface area contributed by atoms with E-state index in [1.54, 1.807) is 12.1 Å². The molecule has 28 heavy (non-hydrogen) atoms. The molecule has 154 valence electrons. The summed E-state index contributed by atoms with van der Waals surface area (Å²) in [6, 6.07) is 5.57. The third kappa shape index (κ3) is 6.21. The highest BCUT2D eigenvalue weighted by Gasteiger charge is 2.30. The molecule has 1 heterocycles. The number of unbranched alkanes of at least 4 members (excludes halogenated alkanes) is 3. The highest BCUT2D eigenvalue weighted by Crippen LogP contribution is 2.39. The molecule has 3 nitrogen and oxygen atoms in total. The van der Waals surface area contributed by atoms with E-state index in [4.69, 9.17) is 4.74 Å². The molecule has 1 fully saturated rings. The maximum atomic E-state index is 12.8. The summed E-state index contributed by atoms with van der Waals surface area (Å²) >= 11 is 0. The van der Waals surface area contributed by atoms with Gasteiger partial charge < -0.3 is 9.84 Å². The van der Waals surface area contributed by atoms with E-state index >= 15 is 0 Å². The maximum Gasteiger partial charge on any atom is 0.161 e. The minimum Gasteiger partial charge on any atom is -0.504 e. The van der Waals surface area contributed by atoms with Gasteiger partial charge in [-0.25, -0.2) is 0 Å². The van der Waals surface area contributed by atoms with Crippen molar-refractivity contribution in [2.75, 3.05) is 11.5 Å². The zero-order valence-electron chi connectivity index (χ0n) is 16.8. The van der Waals surface area contributed by atoms with Crippen molar-refractivity contribution in [2.45, 2.75) is 64.4 Å². The number of fused-ring (bicyclic) bond motifs is 3. The molecule has 2 bridgehead atoms. The largest absolute Gasteiger partial charge is 0.504 e. The Morgan fingerprint density at radius 2 is 2.11 bits per heavy atom. The van der Waals surface area contributed by atoms with Gasteiger partial charge in [0, 0.05) is 23.3 Å². The zero-order chi connectivity index (χ0) is 19.8. The Balaban J connectivity index is 1.72. The Hall–Kier alpha value is -1.07. The molecule has 3 atom stereocenters. The first-order valence-corrected chi connectivity index (χ1v) is 13.1. The maximum absolute atomic E-state index is 12.8. The lowest BCUT2D eigenvalue weighted by atomic mass is 9.96. The molecule has 1 aromatic rings. The second kappa shape index (κ2) is 11.2. The van der Waals surface area contributed by atoms with E-state index in [1.807, 2.05) is 39.8 Å². The molecule has 0 unspecified atom stereocenters. The van der Waals surface area contributed by atoms with Crippen LogP contribution in [0.15, 0.2) is 30.4 Å². The van der Waals surface area contributed by atoms with Gasteiger partial charge in [0.05, 0.1) is 0 Å². The van der Waals surface area contributed by atoms with Gasteiger partial charge in [-0.2, -0.15) is 0 Å². The number of allylic oxidation sites excluding steroid dienone is 2. The molecule has 2 aliphatic rings. The van der Waals surface area contributed by atoms with Crippen molar-refractivity contribution in [3.05, 3.63) is 35.9 Å². The molecule has 0 spiro atoms. The van der Waals surface area contributed by atoms with Crippen LogP contribution in [0.2, 0.25) is 0 Å². The summed E-state index contributed by atoms with van der Waals surface area (Å²) in [5, 5.41) is 10.2. The molecule has 1 aromatic carbocycles. The SMILES string of the molecule is CCCCCC=CC(=O)[C@H]1CSSC[C@@H]2CCC[C@H]2Oc2cc(ccc2O)C1. The number of phenols is 1. The Bertz CT molecular complexity index is 674. The van der Waals surface area contributed by atoms with Crippen molar-refractivity contribution < 1.29 is 14.6 Å². The highest BCUT2D eigenvalue weighted by atomic mass is 33.1. The fourth-order valence-electron chi connectivity index (χ4n) is 3.93. The minimum absolute atomic E-state index is 0.0314. The van der Waals surface area contributed by atoms with E-state index in [-0.39, 0.29) is 23.6 Å². The first-order valence-electron chi connectivity index (χ1n) is 10.6. The van der Waals surface area contributed by atoms with Gasteiger partial charge in [0.25, 0.3) is 0 Å². The van der Waals surface area contributed by atoms with Gasteiger partial charge >= 0.3 is 0 Å². The van der Waals surface area contributed by atoms with Crippen molar-refractivity contribution >= 4 is 27.4 Å². The number of carbonyl (C=O) groups is 1. The number of benzene rings is 1. The number of hydrogen-bond donors (Lipinski definition) is 1. The predicted molar refractivity (Wildman–Crippen MR) is 120 cm³/mol. The number of ketones is 1. The fraction of sp³-hybridized carbons (Fsp3) is 0.609. The van der Waals surface area contributed by atoms with Crippen molar-refractivity contribution in [1.82, 2.24) is 0 Å². The lowest BCUT2D eigenvalue weighted by Gasteiger charge is -2.23. The van der Waals surface area contributed by atoms with Crippen LogP contribution in [0.25, 0.3) is 0 Å². The molecule has 5 heteroatoms.